The summed E-state index contributed by atoms with van der Waals surface area (Å²) in [5.74, 6) is 0. The van der Waals surface area contributed by atoms with Gasteiger partial charge in [-0.1, -0.05) is 49.7 Å². The highest BCUT2D eigenvalue weighted by molar-refractivity contribution is 6.60. The number of benzene rings is 1. The molecular formula is C13H20ClNSi. The summed E-state index contributed by atoms with van der Waals surface area (Å²) in [7, 11) is -0.554. The van der Waals surface area contributed by atoms with Gasteiger partial charge in [0.2, 0.25) is 0 Å². The molecule has 0 unspecified atom stereocenters. The molecule has 1 N–H and O–H groups in total. The van der Waals surface area contributed by atoms with Crippen molar-refractivity contribution < 1.29 is 0 Å². The Morgan fingerprint density at radius 3 is 2.81 bits per heavy atom. The molecule has 2 rings (SSSR count). The zero-order chi connectivity index (χ0) is 11.5. The minimum absolute atomic E-state index is 0.554. The molecule has 1 aromatic rings. The molecule has 1 heterocycles. The first-order chi connectivity index (χ1) is 7.76. The van der Waals surface area contributed by atoms with Crippen LogP contribution in [0.4, 0.5) is 5.69 Å². The predicted molar refractivity (Wildman–Crippen MR) is 75.5 cm³/mol. The van der Waals surface area contributed by atoms with Crippen molar-refractivity contribution in [2.24, 2.45) is 0 Å². The van der Waals surface area contributed by atoms with E-state index in [0.29, 0.717) is 0 Å². The van der Waals surface area contributed by atoms with Gasteiger partial charge < -0.3 is 5.32 Å². The quantitative estimate of drug-likeness (QED) is 0.805. The van der Waals surface area contributed by atoms with Crippen molar-refractivity contribution in [3.8, 4) is 0 Å². The number of nitrogens with one attached hydrogen (secondary N) is 1. The van der Waals surface area contributed by atoms with Crippen molar-refractivity contribution >= 4 is 26.1 Å². The van der Waals surface area contributed by atoms with Crippen LogP contribution in [0.5, 0.6) is 0 Å². The summed E-state index contributed by atoms with van der Waals surface area (Å²) in [6.45, 7) is 5.84. The number of para-hydroxylation sites is 1. The third-order valence-corrected chi connectivity index (χ3v) is 8.06. The first-order valence-corrected chi connectivity index (χ1v) is 8.95. The Bertz CT molecular complexity index is 363. The third-order valence-electron chi connectivity index (χ3n) is 3.84. The number of rotatable bonds is 3. The lowest BCUT2D eigenvalue weighted by molar-refractivity contribution is 0.796. The van der Waals surface area contributed by atoms with Crippen molar-refractivity contribution in [1.29, 1.82) is 0 Å². The van der Waals surface area contributed by atoms with Crippen LogP contribution in [0.3, 0.4) is 0 Å². The average molecular weight is 254 g/mol. The number of hydrogen-bond acceptors (Lipinski definition) is 1. The molecule has 1 aromatic carbocycles. The Kier molecular flexibility index (Phi) is 3.93. The predicted octanol–water partition coefficient (Wildman–Crippen LogP) is 3.95. The van der Waals surface area contributed by atoms with Crippen LogP contribution in [-0.4, -0.2) is 15.3 Å². The Balaban J connectivity index is 2.17. The van der Waals surface area contributed by atoms with E-state index in [9.17, 15) is 0 Å². The summed E-state index contributed by atoms with van der Waals surface area (Å²) in [6, 6.07) is 9.09. The van der Waals surface area contributed by atoms with E-state index in [0.717, 1.165) is 17.1 Å². The molecule has 0 amide bonds. The second-order valence-corrected chi connectivity index (χ2v) is 9.20. The molecule has 16 heavy (non-hydrogen) atoms. The van der Waals surface area contributed by atoms with E-state index >= 15 is 0 Å². The van der Waals surface area contributed by atoms with Crippen molar-refractivity contribution in [2.75, 3.05) is 11.9 Å². The van der Waals surface area contributed by atoms with Crippen LogP contribution in [0.2, 0.25) is 22.7 Å². The van der Waals surface area contributed by atoms with Crippen molar-refractivity contribution in [2.45, 2.75) is 37.9 Å². The second kappa shape index (κ2) is 5.24. The van der Waals surface area contributed by atoms with Gasteiger partial charge in [0, 0.05) is 15.3 Å². The fourth-order valence-electron chi connectivity index (χ4n) is 2.81. The van der Waals surface area contributed by atoms with E-state index < -0.39 is 8.80 Å². The number of halogens is 1. The lowest BCUT2D eigenvalue weighted by Gasteiger charge is -2.31. The highest BCUT2D eigenvalue weighted by Crippen LogP contribution is 2.35. The summed E-state index contributed by atoms with van der Waals surface area (Å²) in [5, 5.41) is 4.41. The number of fused-ring (bicyclic) bond motifs is 1. The lowest BCUT2D eigenvalue weighted by atomic mass is 10.0. The van der Waals surface area contributed by atoms with Gasteiger partial charge in [-0.3, -0.25) is 0 Å². The second-order valence-electron chi connectivity index (χ2n) is 4.70. The number of hydrogen-bond donors (Lipinski definition) is 1. The molecule has 0 fully saturated rings. The van der Waals surface area contributed by atoms with E-state index in [1.807, 2.05) is 6.07 Å². The molecule has 1 nitrogen and oxygen atoms in total. The highest BCUT2D eigenvalue weighted by Gasteiger charge is 2.25. The van der Waals surface area contributed by atoms with Gasteiger partial charge in [0.25, 0.3) is 0 Å². The monoisotopic (exact) mass is 253 g/mol. The first-order valence-electron chi connectivity index (χ1n) is 6.27. The lowest BCUT2D eigenvalue weighted by Crippen LogP contribution is -2.30. The van der Waals surface area contributed by atoms with E-state index in [-0.39, 0.29) is 0 Å². The molecule has 3 heteroatoms. The van der Waals surface area contributed by atoms with Gasteiger partial charge in [-0.2, -0.15) is 0 Å². The van der Waals surface area contributed by atoms with Gasteiger partial charge in [0.15, 0.2) is 0 Å². The molecule has 88 valence electrons. The molecular weight excluding hydrogens is 234 g/mol. The minimum atomic E-state index is -0.554. The Hall–Kier alpha value is -0.473. The molecule has 0 aromatic heterocycles. The number of anilines is 1. The molecule has 0 saturated heterocycles. The van der Waals surface area contributed by atoms with Gasteiger partial charge >= 0.3 is 0 Å². The molecule has 1 aliphatic heterocycles. The third kappa shape index (κ3) is 2.28. The zero-order valence-corrected chi connectivity index (χ0v) is 12.0. The fraction of sp³-hybridized carbons (Fsp3) is 0.538. The molecule has 0 aliphatic carbocycles. The standard InChI is InChI=1S/C13H20ClNSi/c1-3-16(4-2)11-8-10-6-5-7-12(14)13(10)15-9-11/h5-7,11,15-16H,3-4,8-9H2,1-2H3/t11-/m1/s1. The maximum absolute atomic E-state index is 6.19. The Labute approximate surface area is 105 Å². The van der Waals surface area contributed by atoms with E-state index in [4.69, 9.17) is 11.6 Å². The van der Waals surface area contributed by atoms with Crippen molar-refractivity contribution in [3.05, 3.63) is 28.8 Å². The van der Waals surface area contributed by atoms with Crippen LogP contribution in [0.25, 0.3) is 0 Å². The Morgan fingerprint density at radius 1 is 1.38 bits per heavy atom. The molecule has 0 spiro atoms. The smallest absolute Gasteiger partial charge is 0.0640 e. The van der Waals surface area contributed by atoms with Crippen LogP contribution in [0, 0.1) is 0 Å². The summed E-state index contributed by atoms with van der Waals surface area (Å²) in [5.41, 5.74) is 3.50. The maximum Gasteiger partial charge on any atom is 0.0640 e. The van der Waals surface area contributed by atoms with Gasteiger partial charge in [-0.25, -0.2) is 0 Å². The van der Waals surface area contributed by atoms with E-state index in [2.05, 4.69) is 31.3 Å². The topological polar surface area (TPSA) is 12.0 Å². The van der Waals surface area contributed by atoms with E-state index in [1.54, 1.807) is 0 Å². The van der Waals surface area contributed by atoms with Crippen LogP contribution >= 0.6 is 11.6 Å². The summed E-state index contributed by atoms with van der Waals surface area (Å²) >= 11 is 6.19. The summed E-state index contributed by atoms with van der Waals surface area (Å²) < 4.78 is 0. The Morgan fingerprint density at radius 2 is 2.12 bits per heavy atom. The van der Waals surface area contributed by atoms with Crippen molar-refractivity contribution in [1.82, 2.24) is 0 Å². The molecule has 1 aliphatic rings. The molecule has 0 saturated carbocycles. The fourth-order valence-corrected chi connectivity index (χ4v) is 6.02. The van der Waals surface area contributed by atoms with Crippen LogP contribution < -0.4 is 5.32 Å². The highest BCUT2D eigenvalue weighted by atomic mass is 35.5. The zero-order valence-electron chi connectivity index (χ0n) is 10.1. The van der Waals surface area contributed by atoms with Crippen molar-refractivity contribution in [3.63, 3.8) is 0 Å². The first kappa shape index (κ1) is 12.0. The molecule has 1 atom stereocenters. The molecule has 0 radical (unpaired) electrons. The van der Waals surface area contributed by atoms with Crippen LogP contribution in [0.1, 0.15) is 19.4 Å². The maximum atomic E-state index is 6.19. The van der Waals surface area contributed by atoms with E-state index in [1.165, 1.54) is 29.8 Å². The van der Waals surface area contributed by atoms with Gasteiger partial charge in [-0.05, 0) is 23.6 Å². The largest absolute Gasteiger partial charge is 0.384 e. The van der Waals surface area contributed by atoms with Crippen LogP contribution in [-0.2, 0) is 6.42 Å². The SMILES string of the molecule is CC[SiH](CC)[C@H]1CNc2c(Cl)cccc2C1. The average Bonchev–Trinajstić information content (AvgIpc) is 2.31. The van der Waals surface area contributed by atoms with Gasteiger partial charge in [0.05, 0.1) is 10.7 Å². The molecule has 0 bridgehead atoms. The van der Waals surface area contributed by atoms with Crippen LogP contribution in [0.15, 0.2) is 18.2 Å². The minimum Gasteiger partial charge on any atom is -0.384 e. The summed E-state index contributed by atoms with van der Waals surface area (Å²) in [4.78, 5) is 0. The van der Waals surface area contributed by atoms with Gasteiger partial charge in [-0.15, -0.1) is 0 Å². The normalized spacial score (nSPS) is 19.4. The summed E-state index contributed by atoms with van der Waals surface area (Å²) in [6.07, 6.45) is 1.24. The van der Waals surface area contributed by atoms with Gasteiger partial charge in [0.1, 0.15) is 0 Å².